The third-order valence-corrected chi connectivity index (χ3v) is 9.68. The maximum atomic E-state index is 14.1. The fourth-order valence-corrected chi connectivity index (χ4v) is 7.09. The van der Waals surface area contributed by atoms with E-state index in [0.717, 1.165) is 44.9 Å². The number of carboxylic acid groups (broad SMARTS) is 1. The minimum absolute atomic E-state index is 0.00993. The van der Waals surface area contributed by atoms with Crippen LogP contribution in [0.1, 0.15) is 63.9 Å². The number of aliphatic hydroxyl groups is 2. The highest BCUT2D eigenvalue weighted by Crippen LogP contribution is 2.41. The Bertz CT molecular complexity index is 1130. The van der Waals surface area contributed by atoms with Gasteiger partial charge in [0.25, 0.3) is 0 Å². The van der Waals surface area contributed by atoms with Crippen molar-refractivity contribution in [1.29, 1.82) is 0 Å². The van der Waals surface area contributed by atoms with E-state index in [9.17, 15) is 29.4 Å². The molecule has 13 heteroatoms. The van der Waals surface area contributed by atoms with Crippen LogP contribution in [0.15, 0.2) is 24.3 Å². The second-order valence-electron chi connectivity index (χ2n) is 12.2. The van der Waals surface area contributed by atoms with Gasteiger partial charge in [0.15, 0.2) is 0 Å². The lowest BCUT2D eigenvalue weighted by molar-refractivity contribution is -0.140. The molecule has 0 aromatic heterocycles. The van der Waals surface area contributed by atoms with Crippen LogP contribution in [0.2, 0.25) is 0 Å². The molecular weight excluding hydrogens is 588 g/mol. The van der Waals surface area contributed by atoms with Gasteiger partial charge in [0.05, 0.1) is 19.3 Å². The van der Waals surface area contributed by atoms with Gasteiger partial charge in [-0.25, -0.2) is 4.79 Å². The molecule has 2 aliphatic rings. The van der Waals surface area contributed by atoms with Gasteiger partial charge in [-0.1, -0.05) is 44.2 Å². The van der Waals surface area contributed by atoms with Gasteiger partial charge < -0.3 is 41.7 Å². The van der Waals surface area contributed by atoms with Crippen molar-refractivity contribution < 1.29 is 39.2 Å². The normalized spacial score (nSPS) is 20.2. The number of nitrogens with two attached hydrogens (primary N) is 1. The van der Waals surface area contributed by atoms with E-state index < -0.39 is 59.6 Å². The summed E-state index contributed by atoms with van der Waals surface area (Å²) in [5, 5.41) is 39.3. The van der Waals surface area contributed by atoms with E-state index in [-0.39, 0.29) is 24.0 Å². The molecule has 6 unspecified atom stereocenters. The summed E-state index contributed by atoms with van der Waals surface area (Å²) in [6, 6.07) is 4.48. The number of methoxy groups -OCH3 is 1. The first kappa shape index (κ1) is 35.4. The number of rotatable bonds is 17. The minimum Gasteiger partial charge on any atom is -0.497 e. The second kappa shape index (κ2) is 16.3. The average Bonchev–Trinajstić information content (AvgIpc) is 3.84. The summed E-state index contributed by atoms with van der Waals surface area (Å²) in [5.41, 5.74) is 5.02. The van der Waals surface area contributed by atoms with E-state index in [1.807, 2.05) is 0 Å². The van der Waals surface area contributed by atoms with Crippen LogP contribution >= 0.6 is 11.8 Å². The smallest absolute Gasteiger partial charge is 0.405 e. The number of carbonyl (C=O) groups excluding carboxylic acids is 3. The monoisotopic (exact) mass is 636 g/mol. The third-order valence-electron chi connectivity index (χ3n) is 8.94. The van der Waals surface area contributed by atoms with Gasteiger partial charge in [0.1, 0.15) is 23.4 Å². The summed E-state index contributed by atoms with van der Waals surface area (Å²) < 4.78 is 5.21. The SMILES string of the molecule is COc1ccc(CC(NC(=O)C(C)NC(=O)O)C(=O)NC(CSC)(C(N)=O)C(CC2CCCCC2)C(O)C(O)C2CC2)cc1. The predicted molar refractivity (Wildman–Crippen MR) is 167 cm³/mol. The first-order valence-corrected chi connectivity index (χ1v) is 16.7. The molecule has 0 bridgehead atoms. The average molecular weight is 637 g/mol. The van der Waals surface area contributed by atoms with E-state index >= 15 is 0 Å². The molecule has 0 saturated heterocycles. The Balaban J connectivity index is 1.98. The van der Waals surface area contributed by atoms with E-state index in [4.69, 9.17) is 15.6 Å². The molecule has 1 aromatic rings. The first-order chi connectivity index (χ1) is 20.9. The van der Waals surface area contributed by atoms with Crippen molar-refractivity contribution in [3.8, 4) is 5.75 Å². The van der Waals surface area contributed by atoms with Crippen LogP contribution < -0.4 is 26.4 Å². The standard InChI is InChI=1S/C31H48N4O8S/c1-18(33-30(41)42)27(38)34-24(16-20-9-13-22(43-2)14-10-20)28(39)35-31(17-44-3,29(32)40)23(15-19-7-5-4-6-8-19)26(37)25(36)21-11-12-21/h9-10,13-14,18-19,21,23-26,33,36-37H,4-8,11-12,15-17H2,1-3H3,(H2,32,40)(H,34,38)(H,35,39)(H,41,42). The predicted octanol–water partition coefficient (Wildman–Crippen LogP) is 1.80. The highest BCUT2D eigenvalue weighted by Gasteiger charge is 2.53. The summed E-state index contributed by atoms with van der Waals surface area (Å²) in [5.74, 6) is -2.42. The van der Waals surface area contributed by atoms with Gasteiger partial charge in [-0.3, -0.25) is 14.4 Å². The molecule has 3 rings (SSSR count). The Morgan fingerprint density at radius 2 is 1.66 bits per heavy atom. The Labute approximate surface area is 263 Å². The summed E-state index contributed by atoms with van der Waals surface area (Å²) in [4.78, 5) is 51.7. The molecule has 0 spiro atoms. The molecule has 0 radical (unpaired) electrons. The third kappa shape index (κ3) is 9.48. The maximum Gasteiger partial charge on any atom is 0.405 e. The number of aliphatic hydroxyl groups excluding tert-OH is 2. The Hall–Kier alpha value is -3.03. The summed E-state index contributed by atoms with van der Waals surface area (Å²) in [7, 11) is 1.52. The lowest BCUT2D eigenvalue weighted by Crippen LogP contribution is -2.69. The van der Waals surface area contributed by atoms with Crippen molar-refractivity contribution in [2.75, 3.05) is 19.1 Å². The fraction of sp³-hybridized carbons (Fsp3) is 0.677. The number of benzene rings is 1. The van der Waals surface area contributed by atoms with Crippen LogP contribution in [0.4, 0.5) is 4.79 Å². The lowest BCUT2D eigenvalue weighted by atomic mass is 9.70. The number of hydrogen-bond acceptors (Lipinski definition) is 8. The van der Waals surface area contributed by atoms with Gasteiger partial charge >= 0.3 is 6.09 Å². The molecule has 4 amide bonds. The largest absolute Gasteiger partial charge is 0.497 e. The number of ether oxygens (including phenoxy) is 1. The molecule has 2 aliphatic carbocycles. The van der Waals surface area contributed by atoms with Gasteiger partial charge in [0, 0.05) is 18.1 Å². The van der Waals surface area contributed by atoms with Crippen LogP contribution in [0, 0.1) is 17.8 Å². The highest BCUT2D eigenvalue weighted by molar-refractivity contribution is 7.98. The summed E-state index contributed by atoms with van der Waals surface area (Å²) >= 11 is 1.28. The topological polar surface area (TPSA) is 200 Å². The van der Waals surface area contributed by atoms with Crippen LogP contribution in [0.25, 0.3) is 0 Å². The van der Waals surface area contributed by atoms with Crippen LogP contribution in [0.3, 0.4) is 0 Å². The molecule has 246 valence electrons. The summed E-state index contributed by atoms with van der Waals surface area (Å²) in [6.45, 7) is 1.35. The molecule has 12 nitrogen and oxygen atoms in total. The number of primary amides is 1. The zero-order valence-electron chi connectivity index (χ0n) is 25.8. The Morgan fingerprint density at radius 3 is 2.18 bits per heavy atom. The molecular formula is C31H48N4O8S. The number of carbonyl (C=O) groups is 4. The number of thioether (sulfide) groups is 1. The first-order valence-electron chi connectivity index (χ1n) is 15.3. The van der Waals surface area contributed by atoms with Gasteiger partial charge in [-0.2, -0.15) is 11.8 Å². The summed E-state index contributed by atoms with van der Waals surface area (Å²) in [6.07, 6.45) is 4.91. The molecule has 0 aliphatic heterocycles. The highest BCUT2D eigenvalue weighted by atomic mass is 32.2. The van der Waals surface area contributed by atoms with Crippen molar-refractivity contribution in [2.24, 2.45) is 23.5 Å². The zero-order valence-corrected chi connectivity index (χ0v) is 26.6. The molecule has 0 heterocycles. The van der Waals surface area contributed by atoms with Crippen molar-refractivity contribution >= 4 is 35.6 Å². The maximum absolute atomic E-state index is 14.1. The number of amides is 4. The van der Waals surface area contributed by atoms with Crippen molar-refractivity contribution in [2.45, 2.75) is 94.5 Å². The lowest BCUT2D eigenvalue weighted by Gasteiger charge is -2.44. The van der Waals surface area contributed by atoms with Crippen molar-refractivity contribution in [3.05, 3.63) is 29.8 Å². The van der Waals surface area contributed by atoms with E-state index in [2.05, 4.69) is 16.0 Å². The molecule has 1 aromatic carbocycles. The quantitative estimate of drug-likeness (QED) is 0.133. The molecule has 6 atom stereocenters. The Kier molecular flexibility index (Phi) is 13.2. The number of nitrogens with one attached hydrogen (secondary N) is 3. The number of hydrogen-bond donors (Lipinski definition) is 7. The fourth-order valence-electron chi connectivity index (χ4n) is 6.21. The minimum atomic E-state index is -1.74. The van der Waals surface area contributed by atoms with Gasteiger partial charge in [-0.15, -0.1) is 0 Å². The van der Waals surface area contributed by atoms with Crippen LogP contribution in [0.5, 0.6) is 5.75 Å². The molecule has 2 saturated carbocycles. The van der Waals surface area contributed by atoms with Crippen LogP contribution in [-0.2, 0) is 20.8 Å². The molecule has 8 N–H and O–H groups in total. The zero-order chi connectivity index (χ0) is 32.4. The van der Waals surface area contributed by atoms with E-state index in [0.29, 0.717) is 17.7 Å². The van der Waals surface area contributed by atoms with Crippen molar-refractivity contribution in [1.82, 2.24) is 16.0 Å². The van der Waals surface area contributed by atoms with E-state index in [1.165, 1.54) is 25.8 Å². The second-order valence-corrected chi connectivity index (χ2v) is 13.1. The molecule has 44 heavy (non-hydrogen) atoms. The van der Waals surface area contributed by atoms with Crippen LogP contribution in [-0.4, -0.2) is 88.1 Å². The van der Waals surface area contributed by atoms with E-state index in [1.54, 1.807) is 30.5 Å². The van der Waals surface area contributed by atoms with Gasteiger partial charge in [-0.05, 0) is 62.0 Å². The molecule has 2 fully saturated rings. The van der Waals surface area contributed by atoms with Gasteiger partial charge in [0.2, 0.25) is 17.7 Å². The van der Waals surface area contributed by atoms with Crippen molar-refractivity contribution in [3.63, 3.8) is 0 Å². The Morgan fingerprint density at radius 1 is 1.02 bits per heavy atom.